The van der Waals surface area contributed by atoms with Gasteiger partial charge in [-0.15, -0.1) is 0 Å². The van der Waals surface area contributed by atoms with Crippen molar-refractivity contribution in [2.75, 3.05) is 23.7 Å². The lowest BCUT2D eigenvalue weighted by molar-refractivity contribution is 0.192. The Balaban J connectivity index is 2.00. The second-order valence-corrected chi connectivity index (χ2v) is 4.65. The summed E-state index contributed by atoms with van der Waals surface area (Å²) in [5, 5.41) is 19.3. The highest BCUT2D eigenvalue weighted by atomic mass is 32.1. The molecule has 0 radical (unpaired) electrons. The summed E-state index contributed by atoms with van der Waals surface area (Å²) in [4.78, 5) is 7.81. The van der Waals surface area contributed by atoms with Crippen LogP contribution in [-0.4, -0.2) is 28.2 Å². The van der Waals surface area contributed by atoms with E-state index in [1.165, 1.54) is 11.3 Å². The van der Waals surface area contributed by atoms with Crippen LogP contribution in [0.2, 0.25) is 0 Å². The van der Waals surface area contributed by atoms with Gasteiger partial charge in [-0.1, -0.05) is 0 Å². The van der Waals surface area contributed by atoms with Crippen molar-refractivity contribution in [2.45, 2.75) is 13.0 Å². The molecule has 3 N–H and O–H groups in total. The smallest absolute Gasteiger partial charge is 0.224 e. The third-order valence-corrected chi connectivity index (χ3v) is 3.17. The number of hydrogen-bond acceptors (Lipinski definition) is 6. The van der Waals surface area contributed by atoms with Gasteiger partial charge < -0.3 is 15.7 Å². The summed E-state index contributed by atoms with van der Waals surface area (Å²) in [6, 6.07) is 1.83. The number of nitrogens with one attached hydrogen (secondary N) is 2. The number of nitrogens with zero attached hydrogens (tertiary/aromatic N) is 2. The molecule has 0 spiro atoms. The van der Waals surface area contributed by atoms with Crippen molar-refractivity contribution in [1.29, 1.82) is 0 Å². The van der Waals surface area contributed by atoms with Crippen LogP contribution in [0.15, 0.2) is 23.0 Å². The molecule has 2 rings (SSSR count). The molecule has 0 saturated heterocycles. The van der Waals surface area contributed by atoms with E-state index in [9.17, 15) is 9.50 Å². The number of anilines is 2. The summed E-state index contributed by atoms with van der Waals surface area (Å²) in [5.74, 6) is -0.101. The number of aliphatic hydroxyl groups excluding tert-OH is 1. The maximum Gasteiger partial charge on any atom is 0.224 e. The molecule has 0 aliphatic heterocycles. The fraction of sp³-hybridized carbons (Fsp3) is 0.333. The Kier molecular flexibility index (Phi) is 4.64. The molecular formula is C12H15FN4OS. The van der Waals surface area contributed by atoms with Gasteiger partial charge in [-0.05, 0) is 29.3 Å². The molecule has 5 nitrogen and oxygen atoms in total. The molecule has 0 fully saturated rings. The predicted molar refractivity (Wildman–Crippen MR) is 73.9 cm³/mol. The summed E-state index contributed by atoms with van der Waals surface area (Å²) in [7, 11) is 0. The zero-order valence-electron chi connectivity index (χ0n) is 10.4. The standard InChI is InChI=1S/C12H15FN4OS/c1-2-14-12-16-5-9(13)11(17-12)15-6-10(18)8-3-4-19-7-8/h3-5,7,10,18H,2,6H2,1H3,(H2,14,15,16,17). The Morgan fingerprint density at radius 2 is 2.32 bits per heavy atom. The molecule has 2 heterocycles. The first-order valence-electron chi connectivity index (χ1n) is 5.91. The van der Waals surface area contributed by atoms with Gasteiger partial charge in [-0.2, -0.15) is 16.3 Å². The molecular weight excluding hydrogens is 267 g/mol. The molecule has 2 aromatic rings. The topological polar surface area (TPSA) is 70.1 Å². The van der Waals surface area contributed by atoms with Gasteiger partial charge in [-0.25, -0.2) is 9.37 Å². The molecule has 0 aliphatic rings. The number of halogens is 1. The summed E-state index contributed by atoms with van der Waals surface area (Å²) in [6.07, 6.45) is 0.410. The van der Waals surface area contributed by atoms with E-state index in [1.807, 2.05) is 23.8 Å². The zero-order valence-corrected chi connectivity index (χ0v) is 11.2. The second-order valence-electron chi connectivity index (χ2n) is 3.87. The lowest BCUT2D eigenvalue weighted by atomic mass is 10.2. The highest BCUT2D eigenvalue weighted by molar-refractivity contribution is 7.07. The monoisotopic (exact) mass is 282 g/mol. The average molecular weight is 282 g/mol. The first-order valence-corrected chi connectivity index (χ1v) is 6.85. The van der Waals surface area contributed by atoms with E-state index in [0.29, 0.717) is 12.5 Å². The lowest BCUT2D eigenvalue weighted by Crippen LogP contribution is -2.14. The van der Waals surface area contributed by atoms with E-state index < -0.39 is 11.9 Å². The van der Waals surface area contributed by atoms with Crippen molar-refractivity contribution >= 4 is 23.1 Å². The maximum absolute atomic E-state index is 13.5. The minimum Gasteiger partial charge on any atom is -0.387 e. The van der Waals surface area contributed by atoms with Gasteiger partial charge in [0.05, 0.1) is 12.3 Å². The van der Waals surface area contributed by atoms with E-state index in [1.54, 1.807) is 0 Å². The summed E-state index contributed by atoms with van der Waals surface area (Å²) >= 11 is 1.50. The first-order chi connectivity index (χ1) is 9.20. The van der Waals surface area contributed by atoms with Gasteiger partial charge in [0.2, 0.25) is 5.95 Å². The Bertz CT molecular complexity index is 520. The van der Waals surface area contributed by atoms with Crippen molar-refractivity contribution in [2.24, 2.45) is 0 Å². The van der Waals surface area contributed by atoms with Gasteiger partial charge in [0, 0.05) is 13.1 Å². The fourth-order valence-electron chi connectivity index (χ4n) is 1.51. The quantitative estimate of drug-likeness (QED) is 0.758. The highest BCUT2D eigenvalue weighted by Crippen LogP contribution is 2.18. The molecule has 0 amide bonds. The minimum absolute atomic E-state index is 0.0835. The van der Waals surface area contributed by atoms with Crippen LogP contribution >= 0.6 is 11.3 Å². The van der Waals surface area contributed by atoms with Crippen molar-refractivity contribution < 1.29 is 9.50 Å². The fourth-order valence-corrected chi connectivity index (χ4v) is 2.22. The summed E-state index contributed by atoms with van der Waals surface area (Å²) < 4.78 is 13.5. The normalized spacial score (nSPS) is 12.2. The Hall–Kier alpha value is -1.73. The molecule has 102 valence electrons. The zero-order chi connectivity index (χ0) is 13.7. The van der Waals surface area contributed by atoms with Crippen molar-refractivity contribution in [3.63, 3.8) is 0 Å². The van der Waals surface area contributed by atoms with Crippen molar-refractivity contribution in [1.82, 2.24) is 9.97 Å². The molecule has 19 heavy (non-hydrogen) atoms. The Morgan fingerprint density at radius 1 is 1.47 bits per heavy atom. The van der Waals surface area contributed by atoms with Crippen LogP contribution in [0.4, 0.5) is 16.2 Å². The number of aliphatic hydroxyl groups is 1. The van der Waals surface area contributed by atoms with Crippen molar-refractivity contribution in [3.05, 3.63) is 34.4 Å². The molecule has 0 saturated carbocycles. The minimum atomic E-state index is -0.691. The lowest BCUT2D eigenvalue weighted by Gasteiger charge is -2.12. The number of rotatable bonds is 6. The molecule has 0 bridgehead atoms. The predicted octanol–water partition coefficient (Wildman–Crippen LogP) is 2.25. The Labute approximate surface area is 114 Å². The van der Waals surface area contributed by atoms with E-state index in [-0.39, 0.29) is 12.4 Å². The van der Waals surface area contributed by atoms with E-state index in [4.69, 9.17) is 0 Å². The number of aromatic nitrogens is 2. The van der Waals surface area contributed by atoms with E-state index in [0.717, 1.165) is 11.8 Å². The van der Waals surface area contributed by atoms with Gasteiger partial charge >= 0.3 is 0 Å². The van der Waals surface area contributed by atoms with Crippen LogP contribution in [0.5, 0.6) is 0 Å². The third-order valence-electron chi connectivity index (χ3n) is 2.47. The SMILES string of the molecule is CCNc1ncc(F)c(NCC(O)c2ccsc2)n1. The van der Waals surface area contributed by atoms with Gasteiger partial charge in [0.25, 0.3) is 0 Å². The molecule has 0 aromatic carbocycles. The molecule has 1 atom stereocenters. The number of thiophene rings is 1. The molecule has 0 aliphatic carbocycles. The van der Waals surface area contributed by atoms with Gasteiger partial charge in [-0.3, -0.25) is 0 Å². The van der Waals surface area contributed by atoms with Crippen LogP contribution in [-0.2, 0) is 0 Å². The Morgan fingerprint density at radius 3 is 3.00 bits per heavy atom. The van der Waals surface area contributed by atoms with Crippen LogP contribution < -0.4 is 10.6 Å². The van der Waals surface area contributed by atoms with Gasteiger partial charge in [0.1, 0.15) is 0 Å². The highest BCUT2D eigenvalue weighted by Gasteiger charge is 2.11. The van der Waals surface area contributed by atoms with Crippen LogP contribution in [0.3, 0.4) is 0 Å². The first kappa shape index (κ1) is 13.7. The van der Waals surface area contributed by atoms with Gasteiger partial charge in [0.15, 0.2) is 11.6 Å². The van der Waals surface area contributed by atoms with E-state index >= 15 is 0 Å². The maximum atomic E-state index is 13.5. The van der Waals surface area contributed by atoms with E-state index in [2.05, 4.69) is 20.6 Å². The van der Waals surface area contributed by atoms with Crippen LogP contribution in [0.25, 0.3) is 0 Å². The van der Waals surface area contributed by atoms with Crippen LogP contribution in [0.1, 0.15) is 18.6 Å². The number of hydrogen-bond donors (Lipinski definition) is 3. The molecule has 1 unspecified atom stereocenters. The van der Waals surface area contributed by atoms with Crippen LogP contribution in [0, 0.1) is 5.82 Å². The third kappa shape index (κ3) is 3.62. The molecule has 7 heteroatoms. The second kappa shape index (κ2) is 6.44. The average Bonchev–Trinajstić information content (AvgIpc) is 2.93. The largest absolute Gasteiger partial charge is 0.387 e. The summed E-state index contributed by atoms with van der Waals surface area (Å²) in [6.45, 7) is 2.75. The summed E-state index contributed by atoms with van der Waals surface area (Å²) in [5.41, 5.74) is 0.805. The molecule has 2 aromatic heterocycles. The van der Waals surface area contributed by atoms with Crippen molar-refractivity contribution in [3.8, 4) is 0 Å².